The number of hydrogen-bond donors (Lipinski definition) is 0. The Labute approximate surface area is 104 Å². The summed E-state index contributed by atoms with van der Waals surface area (Å²) in [6.45, 7) is 10.5. The van der Waals surface area contributed by atoms with Gasteiger partial charge in [0.2, 0.25) is 0 Å². The van der Waals surface area contributed by atoms with Gasteiger partial charge in [0.25, 0.3) is 0 Å². The molecule has 0 aromatic rings. The summed E-state index contributed by atoms with van der Waals surface area (Å²) >= 11 is 0. The molecule has 0 aliphatic rings. The van der Waals surface area contributed by atoms with Crippen molar-refractivity contribution in [1.29, 1.82) is 0 Å². The molecule has 0 radical (unpaired) electrons. The molecule has 0 heterocycles. The van der Waals surface area contributed by atoms with Crippen molar-refractivity contribution in [3.63, 3.8) is 0 Å². The van der Waals surface area contributed by atoms with E-state index in [2.05, 4.69) is 0 Å². The molecule has 0 aromatic heterocycles. The van der Waals surface area contributed by atoms with Crippen molar-refractivity contribution in [3.05, 3.63) is 0 Å². The standard InChI is InChI=1S/C13H24O4/c1-7-9(3)16-11(14)13(5,6)12(15)17-10(4)8-2/h9-10H,7-8H2,1-6H3. The molecule has 0 fully saturated rings. The first-order valence-corrected chi connectivity index (χ1v) is 6.17. The van der Waals surface area contributed by atoms with Crippen LogP contribution in [0.1, 0.15) is 54.4 Å². The Bertz CT molecular complexity index is 245. The van der Waals surface area contributed by atoms with Gasteiger partial charge in [-0.15, -0.1) is 0 Å². The van der Waals surface area contributed by atoms with E-state index in [4.69, 9.17) is 9.47 Å². The van der Waals surface area contributed by atoms with E-state index in [9.17, 15) is 9.59 Å². The first-order valence-electron chi connectivity index (χ1n) is 6.17. The molecule has 0 aliphatic heterocycles. The van der Waals surface area contributed by atoms with E-state index in [1.807, 2.05) is 13.8 Å². The average Bonchev–Trinajstić information content (AvgIpc) is 2.28. The van der Waals surface area contributed by atoms with E-state index in [-0.39, 0.29) is 12.2 Å². The number of carbonyl (C=O) groups is 2. The van der Waals surface area contributed by atoms with E-state index in [1.54, 1.807) is 13.8 Å². The number of rotatable bonds is 6. The highest BCUT2D eigenvalue weighted by atomic mass is 16.6. The van der Waals surface area contributed by atoms with E-state index in [1.165, 1.54) is 13.8 Å². The quantitative estimate of drug-likeness (QED) is 0.532. The van der Waals surface area contributed by atoms with Crippen LogP contribution < -0.4 is 0 Å². The molecule has 0 aliphatic carbocycles. The Balaban J connectivity index is 4.53. The Hall–Kier alpha value is -1.06. The fourth-order valence-corrected chi connectivity index (χ4v) is 0.910. The maximum atomic E-state index is 11.8. The minimum atomic E-state index is -1.24. The van der Waals surface area contributed by atoms with Gasteiger partial charge in [-0.05, 0) is 40.5 Å². The van der Waals surface area contributed by atoms with Gasteiger partial charge in [-0.1, -0.05) is 13.8 Å². The Kier molecular flexibility index (Phi) is 6.21. The molecule has 17 heavy (non-hydrogen) atoms. The highest BCUT2D eigenvalue weighted by molar-refractivity contribution is 5.99. The molecule has 2 atom stereocenters. The minimum absolute atomic E-state index is 0.182. The lowest BCUT2D eigenvalue weighted by molar-refractivity contribution is -0.175. The number of carbonyl (C=O) groups excluding carboxylic acids is 2. The fraction of sp³-hybridized carbons (Fsp3) is 0.846. The van der Waals surface area contributed by atoms with Crippen molar-refractivity contribution in [2.45, 2.75) is 66.6 Å². The molecule has 100 valence electrons. The van der Waals surface area contributed by atoms with Gasteiger partial charge in [0, 0.05) is 0 Å². The second-order valence-electron chi connectivity index (χ2n) is 4.87. The third-order valence-corrected chi connectivity index (χ3v) is 2.79. The third-order valence-electron chi connectivity index (χ3n) is 2.79. The lowest BCUT2D eigenvalue weighted by Crippen LogP contribution is -2.39. The van der Waals surface area contributed by atoms with Crippen molar-refractivity contribution in [1.82, 2.24) is 0 Å². The number of esters is 2. The van der Waals surface area contributed by atoms with Crippen LogP contribution in [0.25, 0.3) is 0 Å². The molecule has 0 N–H and O–H groups in total. The first kappa shape index (κ1) is 15.9. The monoisotopic (exact) mass is 244 g/mol. The Morgan fingerprint density at radius 1 is 0.941 bits per heavy atom. The maximum absolute atomic E-state index is 11.8. The average molecular weight is 244 g/mol. The van der Waals surface area contributed by atoms with Crippen molar-refractivity contribution in [2.24, 2.45) is 5.41 Å². The highest BCUT2D eigenvalue weighted by Gasteiger charge is 2.40. The summed E-state index contributed by atoms with van der Waals surface area (Å²) in [5.74, 6) is -1.06. The van der Waals surface area contributed by atoms with Crippen LogP contribution >= 0.6 is 0 Å². The summed E-state index contributed by atoms with van der Waals surface area (Å²) in [5.41, 5.74) is -1.24. The molecule has 2 unspecified atom stereocenters. The van der Waals surface area contributed by atoms with E-state index < -0.39 is 17.4 Å². The Morgan fingerprint density at radius 3 is 1.47 bits per heavy atom. The molecule has 0 rings (SSSR count). The van der Waals surface area contributed by atoms with Gasteiger partial charge in [0.1, 0.15) is 0 Å². The van der Waals surface area contributed by atoms with Gasteiger partial charge in [-0.25, -0.2) is 0 Å². The molecule has 0 spiro atoms. The van der Waals surface area contributed by atoms with Gasteiger partial charge in [-0.2, -0.15) is 0 Å². The predicted octanol–water partition coefficient (Wildman–Crippen LogP) is 2.70. The van der Waals surface area contributed by atoms with Crippen LogP contribution in [0.3, 0.4) is 0 Å². The number of ether oxygens (including phenoxy) is 2. The molecular weight excluding hydrogens is 220 g/mol. The molecule has 4 nitrogen and oxygen atoms in total. The predicted molar refractivity (Wildman–Crippen MR) is 65.5 cm³/mol. The summed E-state index contributed by atoms with van der Waals surface area (Å²) in [5, 5.41) is 0. The first-order chi connectivity index (χ1) is 7.75. The van der Waals surface area contributed by atoms with Crippen molar-refractivity contribution < 1.29 is 19.1 Å². The zero-order valence-corrected chi connectivity index (χ0v) is 11.7. The van der Waals surface area contributed by atoms with Gasteiger partial charge >= 0.3 is 11.9 Å². The van der Waals surface area contributed by atoms with Crippen LogP contribution in [-0.4, -0.2) is 24.1 Å². The molecule has 0 amide bonds. The topological polar surface area (TPSA) is 52.6 Å². The van der Waals surface area contributed by atoms with Crippen LogP contribution in [0, 0.1) is 5.41 Å². The molecule has 0 saturated carbocycles. The molecule has 0 saturated heterocycles. The van der Waals surface area contributed by atoms with Gasteiger partial charge in [-0.3, -0.25) is 9.59 Å². The molecule has 0 aromatic carbocycles. The Morgan fingerprint density at radius 2 is 1.24 bits per heavy atom. The summed E-state index contributed by atoms with van der Waals surface area (Å²) in [7, 11) is 0. The van der Waals surface area contributed by atoms with Crippen molar-refractivity contribution in [3.8, 4) is 0 Å². The van der Waals surface area contributed by atoms with Crippen LogP contribution in [0.5, 0.6) is 0 Å². The highest BCUT2D eigenvalue weighted by Crippen LogP contribution is 2.22. The largest absolute Gasteiger partial charge is 0.462 e. The van der Waals surface area contributed by atoms with Crippen LogP contribution in [-0.2, 0) is 19.1 Å². The van der Waals surface area contributed by atoms with Crippen LogP contribution in [0.4, 0.5) is 0 Å². The molecule has 4 heteroatoms. The van der Waals surface area contributed by atoms with Crippen molar-refractivity contribution in [2.75, 3.05) is 0 Å². The maximum Gasteiger partial charge on any atom is 0.323 e. The second kappa shape index (κ2) is 6.62. The van der Waals surface area contributed by atoms with Crippen molar-refractivity contribution >= 4 is 11.9 Å². The second-order valence-corrected chi connectivity index (χ2v) is 4.87. The van der Waals surface area contributed by atoms with Gasteiger partial charge in [0.05, 0.1) is 12.2 Å². The van der Waals surface area contributed by atoms with Gasteiger partial charge < -0.3 is 9.47 Å². The van der Waals surface area contributed by atoms with E-state index >= 15 is 0 Å². The SMILES string of the molecule is CCC(C)OC(=O)C(C)(C)C(=O)OC(C)CC. The van der Waals surface area contributed by atoms with E-state index in [0.717, 1.165) is 12.8 Å². The minimum Gasteiger partial charge on any atom is -0.462 e. The molecular formula is C13H24O4. The smallest absolute Gasteiger partial charge is 0.323 e. The third kappa shape index (κ3) is 4.75. The lowest BCUT2D eigenvalue weighted by Gasteiger charge is -2.24. The lowest BCUT2D eigenvalue weighted by atomic mass is 9.94. The van der Waals surface area contributed by atoms with Crippen LogP contribution in [0.15, 0.2) is 0 Å². The van der Waals surface area contributed by atoms with Gasteiger partial charge in [0.15, 0.2) is 5.41 Å². The fourth-order valence-electron chi connectivity index (χ4n) is 0.910. The number of hydrogen-bond acceptors (Lipinski definition) is 4. The zero-order valence-electron chi connectivity index (χ0n) is 11.7. The summed E-state index contributed by atoms with van der Waals surface area (Å²) in [4.78, 5) is 23.6. The summed E-state index contributed by atoms with van der Waals surface area (Å²) in [6, 6.07) is 0. The summed E-state index contributed by atoms with van der Waals surface area (Å²) < 4.78 is 10.3. The summed E-state index contributed by atoms with van der Waals surface area (Å²) in [6.07, 6.45) is 1.08. The van der Waals surface area contributed by atoms with E-state index in [0.29, 0.717) is 0 Å². The normalized spacial score (nSPS) is 14.9. The molecule has 0 bridgehead atoms. The van der Waals surface area contributed by atoms with Crippen LogP contribution in [0.2, 0.25) is 0 Å². The zero-order chi connectivity index (χ0) is 13.6.